The van der Waals surface area contributed by atoms with E-state index >= 15 is 0 Å². The smallest absolute Gasteiger partial charge is 0.271 e. The third kappa shape index (κ3) is 6.34. The summed E-state index contributed by atoms with van der Waals surface area (Å²) in [5.74, 6) is -0.816. The lowest BCUT2D eigenvalue weighted by molar-refractivity contribution is 0.0935. The van der Waals surface area contributed by atoms with Crippen LogP contribution in [-0.2, 0) is 19.6 Å². The number of nitrogens with zero attached hydrogens (tertiary/aromatic N) is 2. The fraction of sp³-hybridized carbons (Fsp3) is 0.185. The van der Waals surface area contributed by atoms with Crippen LogP contribution in [0.15, 0.2) is 84.2 Å². The largest absolute Gasteiger partial charge is 0.344 e. The van der Waals surface area contributed by atoms with Crippen LogP contribution in [0.25, 0.3) is 0 Å². The highest BCUT2D eigenvalue weighted by Crippen LogP contribution is 2.20. The van der Waals surface area contributed by atoms with Crippen LogP contribution in [0, 0.1) is 11.6 Å². The highest BCUT2D eigenvalue weighted by atomic mass is 32.1. The Morgan fingerprint density at radius 3 is 2.38 bits per heavy atom. The molecule has 0 spiro atoms. The van der Waals surface area contributed by atoms with Crippen LogP contribution in [0.2, 0.25) is 0 Å². The Kier molecular flexibility index (Phi) is 7.77. The second kappa shape index (κ2) is 11.1. The van der Waals surface area contributed by atoms with Crippen LogP contribution in [0.4, 0.5) is 8.78 Å². The maximum absolute atomic E-state index is 14.3. The molecule has 3 aromatic carbocycles. The third-order valence-corrected chi connectivity index (χ3v) is 6.30. The van der Waals surface area contributed by atoms with Gasteiger partial charge in [-0.1, -0.05) is 60.7 Å². The van der Waals surface area contributed by atoms with Crippen LogP contribution in [0.1, 0.15) is 45.2 Å². The second-order valence-electron chi connectivity index (χ2n) is 8.10. The molecule has 0 radical (unpaired) electrons. The fourth-order valence-electron chi connectivity index (χ4n) is 3.66. The number of nitrogens with one attached hydrogen (secondary N) is 1. The van der Waals surface area contributed by atoms with Gasteiger partial charge in [0.25, 0.3) is 5.91 Å². The first-order valence-electron chi connectivity index (χ1n) is 11.0. The van der Waals surface area contributed by atoms with Gasteiger partial charge < -0.3 is 5.32 Å². The SMILES string of the molecule is C[C@H](NC(=O)c1csc(CN(Cc2ccc(F)cc2)Cc2ccccc2F)n1)c1ccccc1. The van der Waals surface area contributed by atoms with E-state index in [1.54, 1.807) is 35.7 Å². The molecule has 0 aliphatic rings. The highest BCUT2D eigenvalue weighted by molar-refractivity contribution is 7.09. The zero-order valence-corrected chi connectivity index (χ0v) is 19.6. The van der Waals surface area contributed by atoms with E-state index in [-0.39, 0.29) is 23.6 Å². The summed E-state index contributed by atoms with van der Waals surface area (Å²) in [6.07, 6.45) is 0. The van der Waals surface area contributed by atoms with E-state index in [0.29, 0.717) is 30.9 Å². The van der Waals surface area contributed by atoms with E-state index in [1.807, 2.05) is 42.2 Å². The normalized spacial score (nSPS) is 12.0. The molecule has 1 amide bonds. The van der Waals surface area contributed by atoms with E-state index in [2.05, 4.69) is 10.3 Å². The summed E-state index contributed by atoms with van der Waals surface area (Å²) in [6.45, 7) is 3.20. The van der Waals surface area contributed by atoms with E-state index in [9.17, 15) is 13.6 Å². The number of halogens is 2. The van der Waals surface area contributed by atoms with Gasteiger partial charge in [0, 0.05) is 24.0 Å². The molecule has 0 saturated heterocycles. The molecular formula is C27H25F2N3OS. The van der Waals surface area contributed by atoms with Crippen molar-refractivity contribution in [2.75, 3.05) is 0 Å². The van der Waals surface area contributed by atoms with Crippen molar-refractivity contribution in [3.63, 3.8) is 0 Å². The minimum Gasteiger partial charge on any atom is -0.344 e. The summed E-state index contributed by atoms with van der Waals surface area (Å²) in [6, 6.07) is 22.5. The molecule has 4 rings (SSSR count). The molecule has 0 aliphatic carbocycles. The van der Waals surface area contributed by atoms with Crippen LogP contribution in [-0.4, -0.2) is 15.8 Å². The predicted octanol–water partition coefficient (Wildman–Crippen LogP) is 6.11. The predicted molar refractivity (Wildman–Crippen MR) is 130 cm³/mol. The number of aromatic nitrogens is 1. The zero-order chi connectivity index (χ0) is 23.9. The lowest BCUT2D eigenvalue weighted by Gasteiger charge is -2.22. The average Bonchev–Trinajstić information content (AvgIpc) is 3.31. The number of carbonyl (C=O) groups is 1. The second-order valence-corrected chi connectivity index (χ2v) is 9.04. The Morgan fingerprint density at radius 1 is 0.941 bits per heavy atom. The van der Waals surface area contributed by atoms with E-state index in [4.69, 9.17) is 0 Å². The molecule has 7 heteroatoms. The summed E-state index contributed by atoms with van der Waals surface area (Å²) in [5.41, 5.74) is 2.84. The fourth-order valence-corrected chi connectivity index (χ4v) is 4.47. The molecule has 174 valence electrons. The number of benzene rings is 3. The van der Waals surface area contributed by atoms with E-state index in [0.717, 1.165) is 16.1 Å². The lowest BCUT2D eigenvalue weighted by atomic mass is 10.1. The van der Waals surface area contributed by atoms with Crippen LogP contribution < -0.4 is 5.32 Å². The van der Waals surface area contributed by atoms with Gasteiger partial charge >= 0.3 is 0 Å². The van der Waals surface area contributed by atoms with Gasteiger partial charge in [0.05, 0.1) is 12.6 Å². The summed E-state index contributed by atoms with van der Waals surface area (Å²) in [7, 11) is 0. The number of hydrogen-bond donors (Lipinski definition) is 1. The first-order chi connectivity index (χ1) is 16.5. The molecule has 1 aromatic heterocycles. The van der Waals surface area contributed by atoms with E-state index in [1.165, 1.54) is 29.5 Å². The molecule has 1 atom stereocenters. The summed E-state index contributed by atoms with van der Waals surface area (Å²) in [4.78, 5) is 19.3. The number of carbonyl (C=O) groups excluding carboxylic acids is 1. The number of hydrogen-bond acceptors (Lipinski definition) is 4. The lowest BCUT2D eigenvalue weighted by Crippen LogP contribution is -2.27. The maximum Gasteiger partial charge on any atom is 0.271 e. The Balaban J connectivity index is 1.47. The average molecular weight is 478 g/mol. The number of thiazole rings is 1. The number of amides is 1. The van der Waals surface area contributed by atoms with Gasteiger partial charge in [0.15, 0.2) is 0 Å². The van der Waals surface area contributed by atoms with Crippen molar-refractivity contribution in [3.8, 4) is 0 Å². The van der Waals surface area contributed by atoms with Crippen LogP contribution in [0.3, 0.4) is 0 Å². The van der Waals surface area contributed by atoms with Crippen LogP contribution >= 0.6 is 11.3 Å². The zero-order valence-electron chi connectivity index (χ0n) is 18.7. The van der Waals surface area contributed by atoms with Crippen molar-refractivity contribution < 1.29 is 13.6 Å². The van der Waals surface area contributed by atoms with Crippen molar-refractivity contribution in [1.29, 1.82) is 0 Å². The maximum atomic E-state index is 14.3. The monoisotopic (exact) mass is 477 g/mol. The first kappa shape index (κ1) is 23.7. The Morgan fingerprint density at radius 2 is 1.65 bits per heavy atom. The van der Waals surface area contributed by atoms with Crippen molar-refractivity contribution in [2.45, 2.75) is 32.6 Å². The topological polar surface area (TPSA) is 45.2 Å². The third-order valence-electron chi connectivity index (χ3n) is 5.46. The molecule has 0 fully saturated rings. The van der Waals surface area contributed by atoms with Crippen molar-refractivity contribution in [3.05, 3.63) is 123 Å². The van der Waals surface area contributed by atoms with Gasteiger partial charge in [0.2, 0.25) is 0 Å². The van der Waals surface area contributed by atoms with Gasteiger partial charge in [-0.15, -0.1) is 11.3 Å². The quantitative estimate of drug-likeness (QED) is 0.316. The van der Waals surface area contributed by atoms with Crippen LogP contribution in [0.5, 0.6) is 0 Å². The molecule has 1 N–H and O–H groups in total. The molecule has 4 nitrogen and oxygen atoms in total. The minimum atomic E-state index is -0.301. The first-order valence-corrected chi connectivity index (χ1v) is 11.9. The standard InChI is InChI=1S/C27H25F2N3OS/c1-19(21-7-3-2-4-8-21)30-27(33)25-18-34-26(31-25)17-32(15-20-11-13-23(28)14-12-20)16-22-9-5-6-10-24(22)29/h2-14,18-19H,15-17H2,1H3,(H,30,33)/t19-/m0/s1. The van der Waals surface area contributed by atoms with Gasteiger partial charge in [-0.3, -0.25) is 9.69 Å². The molecule has 0 bridgehead atoms. The van der Waals surface area contributed by atoms with Crippen molar-refractivity contribution in [1.82, 2.24) is 15.2 Å². The minimum absolute atomic E-state index is 0.144. The molecule has 4 aromatic rings. The Bertz CT molecular complexity index is 1230. The molecule has 34 heavy (non-hydrogen) atoms. The van der Waals surface area contributed by atoms with Crippen molar-refractivity contribution >= 4 is 17.2 Å². The highest BCUT2D eigenvalue weighted by Gasteiger charge is 2.17. The molecule has 1 heterocycles. The molecule has 0 saturated carbocycles. The van der Waals surface area contributed by atoms with Gasteiger partial charge in [-0.2, -0.15) is 0 Å². The van der Waals surface area contributed by atoms with Gasteiger partial charge in [-0.05, 0) is 36.2 Å². The van der Waals surface area contributed by atoms with Gasteiger partial charge in [0.1, 0.15) is 22.3 Å². The summed E-state index contributed by atoms with van der Waals surface area (Å²) < 4.78 is 27.6. The van der Waals surface area contributed by atoms with E-state index < -0.39 is 0 Å². The summed E-state index contributed by atoms with van der Waals surface area (Å²) >= 11 is 1.39. The number of rotatable bonds is 9. The van der Waals surface area contributed by atoms with Gasteiger partial charge in [-0.25, -0.2) is 13.8 Å². The molecule has 0 unspecified atom stereocenters. The molecular weight excluding hydrogens is 452 g/mol. The Labute approximate surface area is 201 Å². The van der Waals surface area contributed by atoms with Crippen molar-refractivity contribution in [2.24, 2.45) is 0 Å². The summed E-state index contributed by atoms with van der Waals surface area (Å²) in [5, 5.41) is 5.46. The Hall–Kier alpha value is -3.42. The molecule has 0 aliphatic heterocycles.